The molecule has 0 spiro atoms. The lowest BCUT2D eigenvalue weighted by Gasteiger charge is -2.09. The number of carbonyl (C=O) groups is 1. The summed E-state index contributed by atoms with van der Waals surface area (Å²) < 4.78 is 45.5. The van der Waals surface area contributed by atoms with Gasteiger partial charge in [0.25, 0.3) is 0 Å². The van der Waals surface area contributed by atoms with Crippen molar-refractivity contribution in [3.63, 3.8) is 0 Å². The van der Waals surface area contributed by atoms with Crippen molar-refractivity contribution in [3.8, 4) is 11.6 Å². The summed E-state index contributed by atoms with van der Waals surface area (Å²) in [5.74, 6) is -1.04. The Balaban J connectivity index is 1.97. The summed E-state index contributed by atoms with van der Waals surface area (Å²) in [5, 5.41) is 3.58. The quantitative estimate of drug-likeness (QED) is 0.605. The third-order valence-electron chi connectivity index (χ3n) is 4.01. The molecule has 7 heteroatoms. The molecule has 1 aromatic heterocycles. The normalized spacial score (nSPS) is 11.4. The fourth-order valence-corrected chi connectivity index (χ4v) is 2.55. The van der Waals surface area contributed by atoms with Gasteiger partial charge in [-0.1, -0.05) is 31.2 Å². The number of esters is 1. The molecule has 0 N–H and O–H groups in total. The van der Waals surface area contributed by atoms with Crippen molar-refractivity contribution in [1.29, 1.82) is 0 Å². The molecule has 0 aliphatic carbocycles. The highest BCUT2D eigenvalue weighted by atomic mass is 19.4. The van der Waals surface area contributed by atoms with E-state index in [9.17, 15) is 18.0 Å². The van der Waals surface area contributed by atoms with Gasteiger partial charge in [0.15, 0.2) is 5.69 Å². The van der Waals surface area contributed by atoms with Gasteiger partial charge < -0.3 is 4.74 Å². The van der Waals surface area contributed by atoms with Gasteiger partial charge in [0, 0.05) is 6.07 Å². The molecule has 1 heterocycles. The van der Waals surface area contributed by atoms with E-state index in [4.69, 9.17) is 4.74 Å². The Hall–Kier alpha value is -3.09. The number of benzene rings is 2. The zero-order chi connectivity index (χ0) is 19.6. The first-order valence-corrected chi connectivity index (χ1v) is 8.33. The second kappa shape index (κ2) is 7.26. The van der Waals surface area contributed by atoms with E-state index in [0.717, 1.165) is 28.3 Å². The molecule has 0 aliphatic rings. The summed E-state index contributed by atoms with van der Waals surface area (Å²) in [6.07, 6.45) is -3.84. The van der Waals surface area contributed by atoms with Crippen molar-refractivity contribution in [1.82, 2.24) is 9.78 Å². The number of carbonyl (C=O) groups excluding carboxylic acids is 1. The molecule has 0 radical (unpaired) electrons. The maximum Gasteiger partial charge on any atom is 0.435 e. The molecule has 0 unspecified atom stereocenters. The molecule has 0 saturated carbocycles. The highest BCUT2D eigenvalue weighted by molar-refractivity contribution is 5.91. The third-order valence-corrected chi connectivity index (χ3v) is 4.01. The smallest absolute Gasteiger partial charge is 0.404 e. The van der Waals surface area contributed by atoms with Crippen LogP contribution in [0.5, 0.6) is 5.88 Å². The van der Waals surface area contributed by atoms with Crippen LogP contribution in [-0.2, 0) is 12.6 Å². The van der Waals surface area contributed by atoms with E-state index in [0.29, 0.717) is 5.69 Å². The molecule has 3 aromatic rings. The standard InChI is InChI=1S/C20H17F3N2O2/c1-3-14-7-9-15(10-8-14)19(26)27-18-12-17(20(21,22)23)24-25(18)16-6-4-5-13(2)11-16/h4-12H,3H2,1-2H3. The van der Waals surface area contributed by atoms with Crippen LogP contribution in [0.15, 0.2) is 54.6 Å². The molecule has 0 amide bonds. The summed E-state index contributed by atoms with van der Waals surface area (Å²) in [5.41, 5.74) is 1.36. The minimum Gasteiger partial charge on any atom is -0.404 e. The molecule has 140 valence electrons. The van der Waals surface area contributed by atoms with Crippen molar-refractivity contribution >= 4 is 5.97 Å². The van der Waals surface area contributed by atoms with Gasteiger partial charge >= 0.3 is 12.1 Å². The number of hydrogen-bond donors (Lipinski definition) is 0. The number of ether oxygens (including phenoxy) is 1. The second-order valence-electron chi connectivity index (χ2n) is 6.06. The van der Waals surface area contributed by atoms with Crippen LogP contribution >= 0.6 is 0 Å². The van der Waals surface area contributed by atoms with Crippen LogP contribution in [-0.4, -0.2) is 15.7 Å². The molecule has 0 bridgehead atoms. The molecule has 0 fully saturated rings. The number of nitrogens with zero attached hydrogens (tertiary/aromatic N) is 2. The van der Waals surface area contributed by atoms with Crippen LogP contribution in [0.4, 0.5) is 13.2 Å². The Kier molecular flexibility index (Phi) is 5.03. The lowest BCUT2D eigenvalue weighted by molar-refractivity contribution is -0.141. The van der Waals surface area contributed by atoms with Gasteiger partial charge in [-0.3, -0.25) is 0 Å². The van der Waals surface area contributed by atoms with Gasteiger partial charge in [0.1, 0.15) is 0 Å². The fraction of sp³-hybridized carbons (Fsp3) is 0.200. The van der Waals surface area contributed by atoms with Crippen LogP contribution in [0, 0.1) is 6.92 Å². The average Bonchev–Trinajstić information content (AvgIpc) is 3.06. The zero-order valence-corrected chi connectivity index (χ0v) is 14.7. The van der Waals surface area contributed by atoms with Gasteiger partial charge in [-0.2, -0.15) is 18.3 Å². The number of aryl methyl sites for hydroxylation is 2. The summed E-state index contributed by atoms with van der Waals surface area (Å²) in [6.45, 7) is 3.78. The highest BCUT2D eigenvalue weighted by Gasteiger charge is 2.36. The molecule has 0 atom stereocenters. The van der Waals surface area contributed by atoms with Crippen LogP contribution in [0.25, 0.3) is 5.69 Å². The zero-order valence-electron chi connectivity index (χ0n) is 14.7. The van der Waals surface area contributed by atoms with Gasteiger partial charge in [0.05, 0.1) is 11.3 Å². The van der Waals surface area contributed by atoms with Crippen LogP contribution in [0.2, 0.25) is 0 Å². The topological polar surface area (TPSA) is 44.1 Å². The molecule has 0 saturated heterocycles. The molecular formula is C20H17F3N2O2. The summed E-state index contributed by atoms with van der Waals surface area (Å²) >= 11 is 0. The van der Waals surface area contributed by atoms with Gasteiger partial charge in [0.2, 0.25) is 5.88 Å². The monoisotopic (exact) mass is 374 g/mol. The average molecular weight is 374 g/mol. The molecular weight excluding hydrogens is 357 g/mol. The Morgan fingerprint density at radius 1 is 1.11 bits per heavy atom. The summed E-state index contributed by atoms with van der Waals surface area (Å²) in [4.78, 5) is 12.4. The SMILES string of the molecule is CCc1ccc(C(=O)Oc2cc(C(F)(F)F)nn2-c2cccc(C)c2)cc1. The van der Waals surface area contributed by atoms with Crippen molar-refractivity contribution in [3.05, 3.63) is 77.0 Å². The first-order chi connectivity index (χ1) is 12.8. The van der Waals surface area contributed by atoms with E-state index in [2.05, 4.69) is 5.10 Å². The number of rotatable bonds is 4. The molecule has 3 rings (SSSR count). The van der Waals surface area contributed by atoms with Crippen LogP contribution in [0.1, 0.15) is 34.1 Å². The highest BCUT2D eigenvalue weighted by Crippen LogP contribution is 2.32. The first kappa shape index (κ1) is 18.7. The molecule has 4 nitrogen and oxygen atoms in total. The van der Waals surface area contributed by atoms with Crippen LogP contribution < -0.4 is 4.74 Å². The minimum atomic E-state index is -4.65. The molecule has 2 aromatic carbocycles. The van der Waals surface area contributed by atoms with Gasteiger partial charge in [-0.15, -0.1) is 0 Å². The van der Waals surface area contributed by atoms with Crippen molar-refractivity contribution < 1.29 is 22.7 Å². The largest absolute Gasteiger partial charge is 0.435 e. The van der Waals surface area contributed by atoms with Crippen LogP contribution in [0.3, 0.4) is 0 Å². The minimum absolute atomic E-state index is 0.248. The van der Waals surface area contributed by atoms with Crippen molar-refractivity contribution in [2.24, 2.45) is 0 Å². The Labute approximate surface area is 154 Å². The lowest BCUT2D eigenvalue weighted by Crippen LogP contribution is -2.12. The fourth-order valence-electron chi connectivity index (χ4n) is 2.55. The second-order valence-corrected chi connectivity index (χ2v) is 6.06. The predicted octanol–water partition coefficient (Wildman–Crippen LogP) is 4.98. The van der Waals surface area contributed by atoms with E-state index in [1.54, 1.807) is 55.5 Å². The number of halogens is 3. The van der Waals surface area contributed by atoms with E-state index < -0.39 is 17.8 Å². The molecule has 27 heavy (non-hydrogen) atoms. The maximum absolute atomic E-state index is 13.1. The molecule has 0 aliphatic heterocycles. The van der Waals surface area contributed by atoms with E-state index in [1.807, 2.05) is 6.92 Å². The number of aromatic nitrogens is 2. The van der Waals surface area contributed by atoms with E-state index in [1.165, 1.54) is 0 Å². The summed E-state index contributed by atoms with van der Waals surface area (Å²) in [7, 11) is 0. The van der Waals surface area contributed by atoms with Crippen molar-refractivity contribution in [2.75, 3.05) is 0 Å². The van der Waals surface area contributed by atoms with Crippen molar-refractivity contribution in [2.45, 2.75) is 26.4 Å². The number of alkyl halides is 3. The first-order valence-electron chi connectivity index (χ1n) is 8.33. The van der Waals surface area contributed by atoms with Gasteiger partial charge in [-0.05, 0) is 48.7 Å². The predicted molar refractivity (Wildman–Crippen MR) is 94.1 cm³/mol. The number of hydrogen-bond acceptors (Lipinski definition) is 3. The van der Waals surface area contributed by atoms with E-state index in [-0.39, 0.29) is 11.4 Å². The Morgan fingerprint density at radius 2 is 1.81 bits per heavy atom. The maximum atomic E-state index is 13.1. The van der Waals surface area contributed by atoms with E-state index >= 15 is 0 Å². The Morgan fingerprint density at radius 3 is 2.41 bits per heavy atom. The van der Waals surface area contributed by atoms with Gasteiger partial charge in [-0.25, -0.2) is 9.48 Å². The lowest BCUT2D eigenvalue weighted by atomic mass is 10.1. The summed E-state index contributed by atoms with van der Waals surface area (Å²) in [6, 6.07) is 14.2. The Bertz CT molecular complexity index is 960. The third kappa shape index (κ3) is 4.19.